The standard InChI is InChI=1S/C5H12O2.3C4H10O2.C3H8O2/c6-4-2-1-3-5-7;1-4(6)2-3-5;1-3(5)4(2)6;5-3-1-2-4-6;4-2-1-3-5/h6-7H,1-5H2;4-6H,2-3H2,1H3;3-6H,1-2H3;5-6H,1-4H2;4-5H,1-3H2. The highest BCUT2D eigenvalue weighted by molar-refractivity contribution is 4.51. The molecule has 0 aliphatic heterocycles. The van der Waals surface area contributed by atoms with Gasteiger partial charge in [0.05, 0.1) is 18.3 Å². The van der Waals surface area contributed by atoms with Crippen molar-refractivity contribution in [2.24, 2.45) is 0 Å². The maximum Gasteiger partial charge on any atom is 0.0768 e. The van der Waals surface area contributed by atoms with Gasteiger partial charge >= 0.3 is 0 Å². The monoisotopic (exact) mass is 450 g/mol. The fourth-order valence-corrected chi connectivity index (χ4v) is 0.882. The van der Waals surface area contributed by atoms with Crippen LogP contribution in [-0.2, 0) is 0 Å². The molecular formula is C20H50O10. The normalized spacial score (nSPS) is 12.3. The minimum atomic E-state index is -0.593. The predicted octanol–water partition coefficient (Wildman–Crippen LogP) is -1.25. The molecule has 190 valence electrons. The first-order chi connectivity index (χ1) is 14.2. The quantitative estimate of drug-likeness (QED) is 0.160. The number of hydrogen-bond donors (Lipinski definition) is 10. The molecule has 0 aliphatic carbocycles. The molecule has 3 atom stereocenters. The minimum Gasteiger partial charge on any atom is -0.396 e. The Morgan fingerprint density at radius 3 is 0.767 bits per heavy atom. The van der Waals surface area contributed by atoms with Crippen LogP contribution < -0.4 is 0 Å². The molecule has 0 aromatic carbocycles. The molecule has 0 bridgehead atoms. The summed E-state index contributed by atoms with van der Waals surface area (Å²) in [6.07, 6.45) is 3.46. The van der Waals surface area contributed by atoms with Crippen molar-refractivity contribution in [3.05, 3.63) is 0 Å². The zero-order valence-electron chi connectivity index (χ0n) is 19.1. The van der Waals surface area contributed by atoms with E-state index in [1.165, 1.54) is 0 Å². The molecule has 0 aromatic rings. The molecule has 0 fully saturated rings. The van der Waals surface area contributed by atoms with E-state index in [0.29, 0.717) is 12.8 Å². The van der Waals surface area contributed by atoms with Gasteiger partial charge in [-0.25, -0.2) is 0 Å². The van der Waals surface area contributed by atoms with Crippen molar-refractivity contribution >= 4 is 0 Å². The average Bonchev–Trinajstić information content (AvgIpc) is 2.69. The van der Waals surface area contributed by atoms with Gasteiger partial charge in [0, 0.05) is 46.2 Å². The Morgan fingerprint density at radius 1 is 0.400 bits per heavy atom. The fraction of sp³-hybridized carbons (Fsp3) is 1.00. The third-order valence-corrected chi connectivity index (χ3v) is 2.94. The Labute approximate surface area is 182 Å². The van der Waals surface area contributed by atoms with E-state index in [2.05, 4.69) is 0 Å². The van der Waals surface area contributed by atoms with Crippen molar-refractivity contribution in [3.8, 4) is 0 Å². The van der Waals surface area contributed by atoms with Gasteiger partial charge in [0.25, 0.3) is 0 Å². The predicted molar refractivity (Wildman–Crippen MR) is 117 cm³/mol. The van der Waals surface area contributed by atoms with Crippen molar-refractivity contribution in [1.82, 2.24) is 0 Å². The third kappa shape index (κ3) is 80.2. The second kappa shape index (κ2) is 42.7. The van der Waals surface area contributed by atoms with E-state index in [4.69, 9.17) is 51.1 Å². The van der Waals surface area contributed by atoms with Crippen LogP contribution in [0.15, 0.2) is 0 Å². The van der Waals surface area contributed by atoms with Gasteiger partial charge in [0.1, 0.15) is 0 Å². The van der Waals surface area contributed by atoms with Crippen LogP contribution in [0.5, 0.6) is 0 Å². The van der Waals surface area contributed by atoms with Crippen LogP contribution in [0.25, 0.3) is 0 Å². The van der Waals surface area contributed by atoms with E-state index >= 15 is 0 Å². The van der Waals surface area contributed by atoms with Gasteiger partial charge < -0.3 is 51.1 Å². The van der Waals surface area contributed by atoms with Crippen molar-refractivity contribution in [3.63, 3.8) is 0 Å². The Hall–Kier alpha value is -0.400. The van der Waals surface area contributed by atoms with Crippen molar-refractivity contribution in [2.45, 2.75) is 84.0 Å². The maximum atomic E-state index is 8.39. The number of hydrogen-bond acceptors (Lipinski definition) is 10. The number of aliphatic hydroxyl groups is 10. The first-order valence-corrected chi connectivity index (χ1v) is 10.5. The van der Waals surface area contributed by atoms with E-state index in [9.17, 15) is 0 Å². The van der Waals surface area contributed by atoms with Crippen LogP contribution >= 0.6 is 0 Å². The van der Waals surface area contributed by atoms with Gasteiger partial charge in [-0.1, -0.05) is 0 Å². The Balaban J connectivity index is -0.0000000872. The van der Waals surface area contributed by atoms with Crippen molar-refractivity contribution in [1.29, 1.82) is 0 Å². The van der Waals surface area contributed by atoms with E-state index in [0.717, 1.165) is 32.1 Å². The highest BCUT2D eigenvalue weighted by Gasteiger charge is 1.99. The zero-order valence-corrected chi connectivity index (χ0v) is 19.1. The average molecular weight is 451 g/mol. The lowest BCUT2D eigenvalue weighted by molar-refractivity contribution is 0.0438. The van der Waals surface area contributed by atoms with Crippen LogP contribution in [0.3, 0.4) is 0 Å². The van der Waals surface area contributed by atoms with Gasteiger partial charge in [-0.05, 0) is 65.7 Å². The topological polar surface area (TPSA) is 202 Å². The molecular weight excluding hydrogens is 400 g/mol. The second-order valence-electron chi connectivity index (χ2n) is 6.31. The summed E-state index contributed by atoms with van der Waals surface area (Å²) in [6.45, 7) is 5.90. The van der Waals surface area contributed by atoms with Gasteiger partial charge in [-0.15, -0.1) is 0 Å². The summed E-state index contributed by atoms with van der Waals surface area (Å²) in [5.41, 5.74) is 0. The summed E-state index contributed by atoms with van der Waals surface area (Å²) >= 11 is 0. The molecule has 10 heteroatoms. The maximum absolute atomic E-state index is 8.39. The molecule has 0 amide bonds. The van der Waals surface area contributed by atoms with Crippen molar-refractivity contribution < 1.29 is 51.1 Å². The molecule has 0 heterocycles. The Bertz CT molecular complexity index is 214. The zero-order chi connectivity index (χ0) is 24.6. The second-order valence-corrected chi connectivity index (χ2v) is 6.31. The summed E-state index contributed by atoms with van der Waals surface area (Å²) in [5.74, 6) is 0. The summed E-state index contributed by atoms with van der Waals surface area (Å²) in [6, 6.07) is 0. The fourth-order valence-electron chi connectivity index (χ4n) is 0.882. The van der Waals surface area contributed by atoms with Crippen LogP contribution in [0.4, 0.5) is 0 Å². The van der Waals surface area contributed by atoms with Gasteiger partial charge in [-0.3, -0.25) is 0 Å². The van der Waals surface area contributed by atoms with Gasteiger partial charge in [-0.2, -0.15) is 0 Å². The SMILES string of the molecule is CC(O)C(C)O.CC(O)CCO.OCCCCCO.OCCCCO.OCCCO. The molecule has 0 spiro atoms. The first kappa shape index (κ1) is 40.0. The third-order valence-electron chi connectivity index (χ3n) is 2.94. The number of rotatable bonds is 12. The molecule has 0 aromatic heterocycles. The van der Waals surface area contributed by atoms with E-state index in [-0.39, 0.29) is 52.4 Å². The summed E-state index contributed by atoms with van der Waals surface area (Å²) < 4.78 is 0. The molecule has 0 saturated heterocycles. The van der Waals surface area contributed by atoms with Crippen LogP contribution in [0.1, 0.15) is 65.7 Å². The Kier molecular flexibility index (Phi) is 56.9. The van der Waals surface area contributed by atoms with E-state index < -0.39 is 12.2 Å². The molecule has 0 rings (SSSR count). The van der Waals surface area contributed by atoms with Crippen molar-refractivity contribution in [2.75, 3.05) is 46.2 Å². The molecule has 0 aliphatic rings. The lowest BCUT2D eigenvalue weighted by Gasteiger charge is -2.03. The molecule has 0 radical (unpaired) electrons. The lowest BCUT2D eigenvalue weighted by atomic mass is 10.2. The Morgan fingerprint density at radius 2 is 0.667 bits per heavy atom. The summed E-state index contributed by atoms with van der Waals surface area (Å²) in [5, 5.41) is 81.6. The molecule has 30 heavy (non-hydrogen) atoms. The lowest BCUT2D eigenvalue weighted by Crippen LogP contribution is -2.17. The van der Waals surface area contributed by atoms with Crippen LogP contribution in [0, 0.1) is 0 Å². The number of aliphatic hydroxyl groups excluding tert-OH is 10. The van der Waals surface area contributed by atoms with Crippen LogP contribution in [-0.4, -0.2) is 116 Å². The smallest absolute Gasteiger partial charge is 0.0768 e. The largest absolute Gasteiger partial charge is 0.396 e. The van der Waals surface area contributed by atoms with Gasteiger partial charge in [0.2, 0.25) is 0 Å². The van der Waals surface area contributed by atoms with Crippen LogP contribution in [0.2, 0.25) is 0 Å². The minimum absolute atomic E-state index is 0.0810. The summed E-state index contributed by atoms with van der Waals surface area (Å²) in [4.78, 5) is 0. The highest BCUT2D eigenvalue weighted by Crippen LogP contribution is 1.90. The van der Waals surface area contributed by atoms with E-state index in [1.54, 1.807) is 20.8 Å². The first-order valence-electron chi connectivity index (χ1n) is 10.5. The molecule has 0 saturated carbocycles. The van der Waals surface area contributed by atoms with E-state index in [1.807, 2.05) is 0 Å². The highest BCUT2D eigenvalue weighted by atomic mass is 16.3. The number of unbranched alkanes of at least 4 members (excludes halogenated alkanes) is 3. The summed E-state index contributed by atoms with van der Waals surface area (Å²) in [7, 11) is 0. The molecule has 10 nitrogen and oxygen atoms in total. The molecule has 3 unspecified atom stereocenters. The molecule has 10 N–H and O–H groups in total. The van der Waals surface area contributed by atoms with Gasteiger partial charge in [0.15, 0.2) is 0 Å².